The maximum absolute atomic E-state index is 9.97. The van der Waals surface area contributed by atoms with E-state index in [4.69, 9.17) is 17.3 Å². The third-order valence-electron chi connectivity index (χ3n) is 2.65. The SMILES string of the molecule is NCC1CNc2c(Cl)cccc2C1O. The maximum Gasteiger partial charge on any atom is 0.0867 e. The van der Waals surface area contributed by atoms with E-state index in [1.807, 2.05) is 18.2 Å². The molecule has 1 aromatic rings. The van der Waals surface area contributed by atoms with E-state index < -0.39 is 6.10 Å². The number of hydrogen-bond acceptors (Lipinski definition) is 3. The van der Waals surface area contributed by atoms with Gasteiger partial charge in [-0.3, -0.25) is 0 Å². The minimum Gasteiger partial charge on any atom is -0.388 e. The highest BCUT2D eigenvalue weighted by Crippen LogP contribution is 2.37. The number of nitrogens with one attached hydrogen (secondary N) is 1. The van der Waals surface area contributed by atoms with Crippen molar-refractivity contribution in [2.75, 3.05) is 18.4 Å². The minimum atomic E-state index is -0.505. The van der Waals surface area contributed by atoms with E-state index >= 15 is 0 Å². The van der Waals surface area contributed by atoms with Gasteiger partial charge in [-0.25, -0.2) is 0 Å². The molecule has 2 atom stereocenters. The predicted octanol–water partition coefficient (Wildman–Crippen LogP) is 1.37. The summed E-state index contributed by atoms with van der Waals surface area (Å²) < 4.78 is 0. The van der Waals surface area contributed by atoms with E-state index in [9.17, 15) is 5.11 Å². The van der Waals surface area contributed by atoms with Crippen molar-refractivity contribution in [3.63, 3.8) is 0 Å². The van der Waals surface area contributed by atoms with Crippen LogP contribution in [0.5, 0.6) is 0 Å². The lowest BCUT2D eigenvalue weighted by atomic mass is 9.91. The minimum absolute atomic E-state index is 0.0703. The Bertz CT molecular complexity index is 343. The summed E-state index contributed by atoms with van der Waals surface area (Å²) in [7, 11) is 0. The van der Waals surface area contributed by atoms with Crippen molar-refractivity contribution in [1.29, 1.82) is 0 Å². The smallest absolute Gasteiger partial charge is 0.0867 e. The number of aliphatic hydroxyl groups excluding tert-OH is 1. The van der Waals surface area contributed by atoms with Gasteiger partial charge in [0.05, 0.1) is 16.8 Å². The lowest BCUT2D eigenvalue weighted by Gasteiger charge is -2.30. The fourth-order valence-electron chi connectivity index (χ4n) is 1.78. The van der Waals surface area contributed by atoms with Crippen LogP contribution in [0.15, 0.2) is 18.2 Å². The number of benzene rings is 1. The van der Waals surface area contributed by atoms with Crippen LogP contribution in [-0.4, -0.2) is 18.2 Å². The number of rotatable bonds is 1. The molecule has 3 nitrogen and oxygen atoms in total. The van der Waals surface area contributed by atoms with Crippen LogP contribution in [0.1, 0.15) is 11.7 Å². The maximum atomic E-state index is 9.97. The molecule has 0 bridgehead atoms. The van der Waals surface area contributed by atoms with Crippen LogP contribution in [-0.2, 0) is 0 Å². The average Bonchev–Trinajstić information content (AvgIpc) is 2.20. The summed E-state index contributed by atoms with van der Waals surface area (Å²) in [6, 6.07) is 5.52. The fourth-order valence-corrected chi connectivity index (χ4v) is 2.03. The Morgan fingerprint density at radius 1 is 1.57 bits per heavy atom. The molecule has 2 unspecified atom stereocenters. The first kappa shape index (κ1) is 9.77. The number of hydrogen-bond donors (Lipinski definition) is 3. The van der Waals surface area contributed by atoms with Gasteiger partial charge in [0.2, 0.25) is 0 Å². The third kappa shape index (κ3) is 1.47. The molecular weight excluding hydrogens is 200 g/mol. The molecule has 0 aliphatic carbocycles. The summed E-state index contributed by atoms with van der Waals surface area (Å²) in [5.74, 6) is 0.0703. The molecule has 4 heteroatoms. The Morgan fingerprint density at radius 2 is 2.36 bits per heavy atom. The van der Waals surface area contributed by atoms with Crippen molar-refractivity contribution in [3.05, 3.63) is 28.8 Å². The van der Waals surface area contributed by atoms with Gasteiger partial charge in [-0.15, -0.1) is 0 Å². The monoisotopic (exact) mass is 212 g/mol. The molecule has 14 heavy (non-hydrogen) atoms. The highest BCUT2D eigenvalue weighted by Gasteiger charge is 2.27. The van der Waals surface area contributed by atoms with Crippen molar-refractivity contribution in [2.24, 2.45) is 11.7 Å². The van der Waals surface area contributed by atoms with Crippen LogP contribution in [0.4, 0.5) is 5.69 Å². The first-order chi connectivity index (χ1) is 6.74. The summed E-state index contributed by atoms with van der Waals surface area (Å²) in [6.45, 7) is 1.15. The zero-order valence-corrected chi connectivity index (χ0v) is 8.46. The summed E-state index contributed by atoms with van der Waals surface area (Å²) in [5, 5.41) is 13.8. The molecule has 1 aliphatic rings. The van der Waals surface area contributed by atoms with Crippen LogP contribution in [0, 0.1) is 5.92 Å². The predicted molar refractivity (Wildman–Crippen MR) is 57.4 cm³/mol. The zero-order valence-electron chi connectivity index (χ0n) is 7.70. The number of halogens is 1. The summed E-state index contributed by atoms with van der Waals surface area (Å²) in [6.07, 6.45) is -0.505. The third-order valence-corrected chi connectivity index (χ3v) is 2.97. The Labute approximate surface area is 87.9 Å². The first-order valence-corrected chi connectivity index (χ1v) is 5.02. The molecule has 0 aromatic heterocycles. The lowest BCUT2D eigenvalue weighted by Crippen LogP contribution is -2.33. The van der Waals surface area contributed by atoms with Gasteiger partial charge in [0, 0.05) is 18.0 Å². The summed E-state index contributed by atoms with van der Waals surface area (Å²) in [5.41, 5.74) is 7.24. The number of fused-ring (bicyclic) bond motifs is 1. The van der Waals surface area contributed by atoms with Gasteiger partial charge in [-0.2, -0.15) is 0 Å². The second kappa shape index (κ2) is 3.77. The number of anilines is 1. The largest absolute Gasteiger partial charge is 0.388 e. The molecule has 0 fully saturated rings. The van der Waals surface area contributed by atoms with Crippen molar-refractivity contribution >= 4 is 17.3 Å². The average molecular weight is 213 g/mol. The Kier molecular flexibility index (Phi) is 2.63. The van der Waals surface area contributed by atoms with Gasteiger partial charge in [0.15, 0.2) is 0 Å². The van der Waals surface area contributed by atoms with Gasteiger partial charge >= 0.3 is 0 Å². The highest BCUT2D eigenvalue weighted by molar-refractivity contribution is 6.33. The normalized spacial score (nSPS) is 25.4. The number of para-hydroxylation sites is 1. The van der Waals surface area contributed by atoms with Crippen LogP contribution < -0.4 is 11.1 Å². The second-order valence-electron chi connectivity index (χ2n) is 3.53. The Hall–Kier alpha value is -0.770. The number of nitrogens with two attached hydrogens (primary N) is 1. The molecule has 1 aromatic carbocycles. The molecule has 0 saturated carbocycles. The van der Waals surface area contributed by atoms with Gasteiger partial charge in [-0.05, 0) is 12.6 Å². The zero-order chi connectivity index (χ0) is 10.1. The highest BCUT2D eigenvalue weighted by atomic mass is 35.5. The molecule has 0 saturated heterocycles. The van der Waals surface area contributed by atoms with E-state index in [0.29, 0.717) is 18.1 Å². The van der Waals surface area contributed by atoms with Crippen LogP contribution in [0.25, 0.3) is 0 Å². The molecule has 0 spiro atoms. The standard InChI is InChI=1S/C10H13ClN2O/c11-8-3-1-2-7-9(8)13-5-6(4-12)10(7)14/h1-3,6,10,13-14H,4-5,12H2. The molecule has 0 amide bonds. The van der Waals surface area contributed by atoms with Gasteiger partial charge in [-0.1, -0.05) is 23.7 Å². The van der Waals surface area contributed by atoms with Crippen LogP contribution >= 0.6 is 11.6 Å². The lowest BCUT2D eigenvalue weighted by molar-refractivity contribution is 0.114. The Balaban J connectivity index is 2.41. The van der Waals surface area contributed by atoms with Crippen LogP contribution in [0.2, 0.25) is 5.02 Å². The van der Waals surface area contributed by atoms with E-state index in [-0.39, 0.29) is 5.92 Å². The summed E-state index contributed by atoms with van der Waals surface area (Å²) >= 11 is 5.99. The van der Waals surface area contributed by atoms with E-state index in [1.54, 1.807) is 0 Å². The molecule has 2 rings (SSSR count). The van der Waals surface area contributed by atoms with Crippen LogP contribution in [0.3, 0.4) is 0 Å². The van der Waals surface area contributed by atoms with E-state index in [0.717, 1.165) is 11.3 Å². The van der Waals surface area contributed by atoms with Crippen molar-refractivity contribution < 1.29 is 5.11 Å². The topological polar surface area (TPSA) is 58.3 Å². The Morgan fingerprint density at radius 3 is 3.07 bits per heavy atom. The van der Waals surface area contributed by atoms with Crippen molar-refractivity contribution in [1.82, 2.24) is 0 Å². The molecule has 4 N–H and O–H groups in total. The molecule has 1 heterocycles. The van der Waals surface area contributed by atoms with Gasteiger partial charge in [0.1, 0.15) is 0 Å². The number of aliphatic hydroxyl groups is 1. The second-order valence-corrected chi connectivity index (χ2v) is 3.93. The quantitative estimate of drug-likeness (QED) is 0.659. The van der Waals surface area contributed by atoms with Crippen molar-refractivity contribution in [2.45, 2.75) is 6.10 Å². The molecule has 76 valence electrons. The molecular formula is C10H13ClN2O. The molecule has 0 radical (unpaired) electrons. The van der Waals surface area contributed by atoms with E-state index in [2.05, 4.69) is 5.32 Å². The van der Waals surface area contributed by atoms with Gasteiger partial charge < -0.3 is 16.2 Å². The fraction of sp³-hybridized carbons (Fsp3) is 0.400. The first-order valence-electron chi connectivity index (χ1n) is 4.64. The van der Waals surface area contributed by atoms with Gasteiger partial charge in [0.25, 0.3) is 0 Å². The summed E-state index contributed by atoms with van der Waals surface area (Å²) in [4.78, 5) is 0. The van der Waals surface area contributed by atoms with Crippen molar-refractivity contribution in [3.8, 4) is 0 Å². The van der Waals surface area contributed by atoms with E-state index in [1.165, 1.54) is 0 Å². The molecule has 1 aliphatic heterocycles.